The molecule has 3 amide bonds. The Morgan fingerprint density at radius 3 is 2.34 bits per heavy atom. The van der Waals surface area contributed by atoms with Gasteiger partial charge in [-0.3, -0.25) is 4.79 Å². The molecule has 8 heteroatoms. The lowest BCUT2D eigenvalue weighted by atomic mass is 9.94. The van der Waals surface area contributed by atoms with Crippen LogP contribution in [0, 0.1) is 5.82 Å². The second kappa shape index (κ2) is 12.2. The van der Waals surface area contributed by atoms with Crippen molar-refractivity contribution in [3.63, 3.8) is 0 Å². The maximum atomic E-state index is 13.6. The highest BCUT2D eigenvalue weighted by atomic mass is 35.5. The summed E-state index contributed by atoms with van der Waals surface area (Å²) in [5.41, 5.74) is 1.47. The number of hydrogen-bond donors (Lipinski definition) is 1. The number of anilines is 1. The van der Waals surface area contributed by atoms with Crippen molar-refractivity contribution in [2.24, 2.45) is 0 Å². The molecule has 0 spiro atoms. The molecule has 1 aliphatic rings. The molecule has 5 nitrogen and oxygen atoms in total. The normalized spacial score (nSPS) is 13.9. The maximum absolute atomic E-state index is 13.6. The Bertz CT molecular complexity index is 1100. The van der Waals surface area contributed by atoms with Gasteiger partial charge in [0.25, 0.3) is 0 Å². The molecule has 0 bridgehead atoms. The highest BCUT2D eigenvalue weighted by Gasteiger charge is 2.29. The first kappa shape index (κ1) is 25.2. The van der Waals surface area contributed by atoms with E-state index in [9.17, 15) is 14.0 Å². The minimum atomic E-state index is -0.313. The number of rotatable bonds is 8. The Morgan fingerprint density at radius 2 is 1.69 bits per heavy atom. The van der Waals surface area contributed by atoms with E-state index < -0.39 is 0 Å². The molecule has 3 aromatic rings. The number of nitrogens with zero attached hydrogens (tertiary/aromatic N) is 2. The van der Waals surface area contributed by atoms with Crippen LogP contribution in [0.5, 0.6) is 0 Å². The standard InChI is InChI=1S/C27H29ClFN3O2S/c28-21-10-14-23(15-11-21)30-27(34)32(24-5-2-1-3-6-24)19-26(33)31(18-25-7-4-16-35-25)17-20-8-12-22(29)13-9-20/h4,7-16,24H,1-3,5-6,17-19H2,(H,30,34). The number of carbonyl (C=O) groups is 2. The first-order chi connectivity index (χ1) is 17.0. The van der Waals surface area contributed by atoms with Crippen molar-refractivity contribution in [3.05, 3.63) is 87.3 Å². The second-order valence-corrected chi connectivity index (χ2v) is 10.3. The maximum Gasteiger partial charge on any atom is 0.322 e. The van der Waals surface area contributed by atoms with Gasteiger partial charge in [0.2, 0.25) is 5.91 Å². The lowest BCUT2D eigenvalue weighted by Gasteiger charge is -2.35. The summed E-state index contributed by atoms with van der Waals surface area (Å²) in [5.74, 6) is -0.452. The van der Waals surface area contributed by atoms with Crippen LogP contribution in [0.2, 0.25) is 5.02 Å². The summed E-state index contributed by atoms with van der Waals surface area (Å²) in [7, 11) is 0. The molecule has 2 aromatic carbocycles. The second-order valence-electron chi connectivity index (χ2n) is 8.81. The smallest absolute Gasteiger partial charge is 0.322 e. The molecule has 0 aliphatic heterocycles. The number of nitrogens with one attached hydrogen (secondary N) is 1. The minimum Gasteiger partial charge on any atom is -0.332 e. The van der Waals surface area contributed by atoms with Gasteiger partial charge >= 0.3 is 6.03 Å². The monoisotopic (exact) mass is 513 g/mol. The van der Waals surface area contributed by atoms with Gasteiger partial charge in [-0.25, -0.2) is 9.18 Å². The van der Waals surface area contributed by atoms with Crippen LogP contribution < -0.4 is 5.32 Å². The van der Waals surface area contributed by atoms with E-state index in [1.54, 1.807) is 57.5 Å². The van der Waals surface area contributed by atoms with Gasteiger partial charge in [0.1, 0.15) is 12.4 Å². The summed E-state index contributed by atoms with van der Waals surface area (Å²) < 4.78 is 13.4. The topological polar surface area (TPSA) is 52.7 Å². The molecule has 1 heterocycles. The third-order valence-corrected chi connectivity index (χ3v) is 7.36. The average molecular weight is 514 g/mol. The van der Waals surface area contributed by atoms with E-state index in [1.807, 2.05) is 17.5 Å². The molecule has 0 unspecified atom stereocenters. The SMILES string of the molecule is O=C(CN(C(=O)Nc1ccc(Cl)cc1)C1CCCCC1)N(Cc1ccc(F)cc1)Cc1cccs1. The van der Waals surface area contributed by atoms with Gasteiger partial charge in [0, 0.05) is 28.2 Å². The van der Waals surface area contributed by atoms with E-state index >= 15 is 0 Å². The van der Waals surface area contributed by atoms with Gasteiger partial charge in [-0.15, -0.1) is 11.3 Å². The zero-order valence-electron chi connectivity index (χ0n) is 19.5. The number of carbonyl (C=O) groups excluding carboxylic acids is 2. The van der Waals surface area contributed by atoms with E-state index in [4.69, 9.17) is 11.6 Å². The predicted molar refractivity (Wildman–Crippen MR) is 139 cm³/mol. The molecule has 1 aromatic heterocycles. The summed E-state index contributed by atoms with van der Waals surface area (Å²) >= 11 is 7.56. The first-order valence-electron chi connectivity index (χ1n) is 11.9. The van der Waals surface area contributed by atoms with Crippen LogP contribution in [0.4, 0.5) is 14.9 Å². The highest BCUT2D eigenvalue weighted by Crippen LogP contribution is 2.25. The van der Waals surface area contributed by atoms with E-state index in [-0.39, 0.29) is 30.3 Å². The molecule has 0 saturated heterocycles. The molecule has 35 heavy (non-hydrogen) atoms. The summed E-state index contributed by atoms with van der Waals surface area (Å²) in [6, 6.07) is 16.8. The lowest BCUT2D eigenvalue weighted by molar-refractivity contribution is -0.133. The minimum absolute atomic E-state index is 0.00871. The number of benzene rings is 2. The Balaban J connectivity index is 1.52. The van der Waals surface area contributed by atoms with Crippen molar-refractivity contribution < 1.29 is 14.0 Å². The lowest BCUT2D eigenvalue weighted by Crippen LogP contribution is -2.49. The first-order valence-corrected chi connectivity index (χ1v) is 13.1. The zero-order chi connectivity index (χ0) is 24.6. The predicted octanol–water partition coefficient (Wildman–Crippen LogP) is 6.94. The number of urea groups is 1. The van der Waals surface area contributed by atoms with Crippen molar-refractivity contribution in [2.45, 2.75) is 51.2 Å². The van der Waals surface area contributed by atoms with E-state index in [0.717, 1.165) is 42.5 Å². The fourth-order valence-electron chi connectivity index (χ4n) is 4.37. The Morgan fingerprint density at radius 1 is 0.971 bits per heavy atom. The molecule has 1 fully saturated rings. The molecular formula is C27H29ClFN3O2S. The average Bonchev–Trinajstić information content (AvgIpc) is 3.38. The van der Waals surface area contributed by atoms with Gasteiger partial charge in [-0.05, 0) is 66.2 Å². The van der Waals surface area contributed by atoms with Gasteiger partial charge in [0.05, 0.1) is 6.54 Å². The van der Waals surface area contributed by atoms with Crippen molar-refractivity contribution in [3.8, 4) is 0 Å². The van der Waals surface area contributed by atoms with Crippen molar-refractivity contribution in [1.82, 2.24) is 9.80 Å². The molecule has 1 aliphatic carbocycles. The molecule has 1 saturated carbocycles. The number of thiophene rings is 1. The number of amides is 3. The highest BCUT2D eigenvalue weighted by molar-refractivity contribution is 7.09. The molecule has 184 valence electrons. The van der Waals surface area contributed by atoms with Crippen LogP contribution in [0.15, 0.2) is 66.0 Å². The fourth-order valence-corrected chi connectivity index (χ4v) is 5.21. The molecule has 4 rings (SSSR count). The summed E-state index contributed by atoms with van der Waals surface area (Å²) in [5, 5.41) is 5.50. The van der Waals surface area contributed by atoms with Crippen molar-refractivity contribution in [2.75, 3.05) is 11.9 Å². The van der Waals surface area contributed by atoms with Crippen molar-refractivity contribution in [1.29, 1.82) is 0 Å². The Kier molecular flexibility index (Phi) is 8.77. The molecule has 0 radical (unpaired) electrons. The van der Waals surface area contributed by atoms with Crippen molar-refractivity contribution >= 4 is 40.6 Å². The van der Waals surface area contributed by atoms with Crippen LogP contribution in [0.25, 0.3) is 0 Å². The largest absolute Gasteiger partial charge is 0.332 e. The van der Waals surface area contributed by atoms with Crippen LogP contribution in [-0.4, -0.2) is 34.3 Å². The van der Waals surface area contributed by atoms with Gasteiger partial charge in [-0.2, -0.15) is 0 Å². The number of halogens is 2. The summed E-state index contributed by atoms with van der Waals surface area (Å²) in [6.45, 7) is 0.760. The third kappa shape index (κ3) is 7.29. The van der Waals surface area contributed by atoms with Gasteiger partial charge in [0.15, 0.2) is 0 Å². The van der Waals surface area contributed by atoms with E-state index in [2.05, 4.69) is 5.32 Å². The van der Waals surface area contributed by atoms with E-state index in [0.29, 0.717) is 23.8 Å². The van der Waals surface area contributed by atoms with Gasteiger partial charge in [-0.1, -0.05) is 49.1 Å². The molecular weight excluding hydrogens is 485 g/mol. The fraction of sp³-hybridized carbons (Fsp3) is 0.333. The van der Waals surface area contributed by atoms with Crippen LogP contribution in [0.1, 0.15) is 42.5 Å². The quantitative estimate of drug-likeness (QED) is 0.355. The Hall–Kier alpha value is -2.90. The van der Waals surface area contributed by atoms with Crippen LogP contribution >= 0.6 is 22.9 Å². The van der Waals surface area contributed by atoms with Crippen LogP contribution in [0.3, 0.4) is 0 Å². The Labute approximate surface area is 214 Å². The van der Waals surface area contributed by atoms with Gasteiger partial charge < -0.3 is 15.1 Å². The zero-order valence-corrected chi connectivity index (χ0v) is 21.0. The number of hydrogen-bond acceptors (Lipinski definition) is 3. The van der Waals surface area contributed by atoms with E-state index in [1.165, 1.54) is 12.1 Å². The molecule has 1 N–H and O–H groups in total. The third-order valence-electron chi connectivity index (χ3n) is 6.24. The summed E-state index contributed by atoms with van der Waals surface area (Å²) in [4.78, 5) is 31.4. The van der Waals surface area contributed by atoms with Crippen LogP contribution in [-0.2, 0) is 17.9 Å². The molecule has 0 atom stereocenters. The summed E-state index contributed by atoms with van der Waals surface area (Å²) in [6.07, 6.45) is 4.98.